The summed E-state index contributed by atoms with van der Waals surface area (Å²) in [7, 11) is -1.29. The zero-order valence-corrected chi connectivity index (χ0v) is 24.3. The van der Waals surface area contributed by atoms with Crippen molar-refractivity contribution >= 4 is 30.0 Å². The number of nitrogens with zero attached hydrogens (tertiary/aromatic N) is 1. The number of ether oxygens (including phenoxy) is 1. The van der Waals surface area contributed by atoms with Gasteiger partial charge in [0.2, 0.25) is 6.54 Å². The SMILES string of the molecule is C=C[C@]1(C)C[C@@H](OC(=O)CNc2ccc3c(c2)B(O)OC3C[N+](=O)[O-])[C@]2(C)[C@H](C)CC[C@]3(CCC(=O)[C@H]32)[C@@H](C)[C@@H]1O. The minimum atomic E-state index is -1.29. The molecule has 0 aromatic heterocycles. The monoisotopic (exact) mass is 568 g/mol. The van der Waals surface area contributed by atoms with E-state index in [1.807, 2.05) is 6.92 Å². The number of esters is 1. The van der Waals surface area contributed by atoms with E-state index in [2.05, 4.69) is 32.7 Å². The number of aliphatic hydroxyl groups is 1. The van der Waals surface area contributed by atoms with E-state index in [1.54, 1.807) is 24.3 Å². The normalized spacial score (nSPS) is 39.8. The van der Waals surface area contributed by atoms with Gasteiger partial charge in [-0.2, -0.15) is 0 Å². The van der Waals surface area contributed by atoms with Gasteiger partial charge in [0.15, 0.2) is 0 Å². The molecule has 222 valence electrons. The smallest absolute Gasteiger partial charge is 0.460 e. The van der Waals surface area contributed by atoms with E-state index >= 15 is 0 Å². The van der Waals surface area contributed by atoms with Crippen LogP contribution in [-0.4, -0.2) is 59.2 Å². The Kier molecular flexibility index (Phi) is 7.62. The van der Waals surface area contributed by atoms with Crippen molar-refractivity contribution in [2.75, 3.05) is 18.4 Å². The first-order valence-electron chi connectivity index (χ1n) is 14.6. The number of hydrogen-bond donors (Lipinski definition) is 3. The molecule has 1 aliphatic heterocycles. The Morgan fingerprint density at radius 2 is 2.07 bits per heavy atom. The van der Waals surface area contributed by atoms with Crippen LogP contribution in [-0.2, 0) is 19.0 Å². The highest BCUT2D eigenvalue weighted by atomic mass is 16.6. The molecule has 3 saturated carbocycles. The summed E-state index contributed by atoms with van der Waals surface area (Å²) in [6.07, 6.45) is 2.93. The van der Waals surface area contributed by atoms with Gasteiger partial charge >= 0.3 is 13.1 Å². The second-order valence-electron chi connectivity index (χ2n) is 13.3. The second-order valence-corrected chi connectivity index (χ2v) is 13.3. The molecule has 4 aliphatic rings. The van der Waals surface area contributed by atoms with E-state index in [0.717, 1.165) is 19.3 Å². The molecule has 1 unspecified atom stereocenters. The fourth-order valence-electron chi connectivity index (χ4n) is 8.65. The van der Waals surface area contributed by atoms with Crippen LogP contribution < -0.4 is 10.8 Å². The van der Waals surface area contributed by atoms with Crippen molar-refractivity contribution in [3.05, 3.63) is 46.5 Å². The van der Waals surface area contributed by atoms with Crippen LogP contribution in [0.25, 0.3) is 0 Å². The molecule has 1 aromatic rings. The van der Waals surface area contributed by atoms with Crippen molar-refractivity contribution in [2.24, 2.45) is 34.0 Å². The molecule has 0 spiro atoms. The number of ketones is 1. The van der Waals surface area contributed by atoms with E-state index in [1.165, 1.54) is 0 Å². The quantitative estimate of drug-likeness (QED) is 0.148. The highest BCUT2D eigenvalue weighted by Gasteiger charge is 2.68. The van der Waals surface area contributed by atoms with Crippen LogP contribution in [0, 0.1) is 44.1 Å². The Morgan fingerprint density at radius 1 is 1.34 bits per heavy atom. The van der Waals surface area contributed by atoms with Crippen molar-refractivity contribution in [3.63, 3.8) is 0 Å². The first-order valence-corrected chi connectivity index (χ1v) is 14.6. The predicted octanol–water partition coefficient (Wildman–Crippen LogP) is 3.04. The molecule has 2 bridgehead atoms. The molecule has 1 heterocycles. The number of fused-ring (bicyclic) bond motifs is 1. The van der Waals surface area contributed by atoms with Gasteiger partial charge in [0.25, 0.3) is 0 Å². The van der Waals surface area contributed by atoms with Gasteiger partial charge in [0.1, 0.15) is 24.5 Å². The van der Waals surface area contributed by atoms with E-state index < -0.39 is 53.7 Å². The summed E-state index contributed by atoms with van der Waals surface area (Å²) in [5, 5.41) is 35.9. The van der Waals surface area contributed by atoms with E-state index in [0.29, 0.717) is 29.6 Å². The highest BCUT2D eigenvalue weighted by Crippen LogP contribution is 2.68. The third-order valence-corrected chi connectivity index (χ3v) is 11.3. The number of benzene rings is 1. The third kappa shape index (κ3) is 4.70. The van der Waals surface area contributed by atoms with Crippen LogP contribution in [0.3, 0.4) is 0 Å². The van der Waals surface area contributed by atoms with Gasteiger partial charge in [-0.15, -0.1) is 6.58 Å². The maximum atomic E-state index is 13.5. The molecule has 9 atom stereocenters. The molecule has 5 rings (SSSR count). The van der Waals surface area contributed by atoms with Crippen LogP contribution in [0.1, 0.15) is 71.5 Å². The summed E-state index contributed by atoms with van der Waals surface area (Å²) in [6, 6.07) is 4.95. The van der Waals surface area contributed by atoms with Gasteiger partial charge in [0.05, 0.1) is 6.10 Å². The first kappa shape index (κ1) is 29.7. The van der Waals surface area contributed by atoms with Crippen molar-refractivity contribution in [1.29, 1.82) is 0 Å². The molecule has 1 aromatic carbocycles. The summed E-state index contributed by atoms with van der Waals surface area (Å²) < 4.78 is 11.6. The van der Waals surface area contributed by atoms with Gasteiger partial charge in [0, 0.05) is 33.8 Å². The standard InChI is InChI=1S/C30H41BN2O8/c1-6-28(4)14-24(29(5)17(2)9-11-30(18(3)27(28)36)12-10-22(34)26(29)30)40-25(35)15-32-19-7-8-20-21(13-19)31(37)41-23(20)16-33(38)39/h6-8,13,17-18,23-24,26-27,32,36-37H,1,9-12,14-16H2,2-5H3/t17-,18+,23?,24-,26+,27+,28-,29+,30+/m1/s1. The molecule has 0 saturated heterocycles. The summed E-state index contributed by atoms with van der Waals surface area (Å²) >= 11 is 0. The average molecular weight is 568 g/mol. The number of hydrogen-bond acceptors (Lipinski definition) is 9. The number of Topliss-reactive ketones (excluding diaryl/α,β-unsaturated/α-hetero) is 1. The fourth-order valence-corrected chi connectivity index (χ4v) is 8.65. The molecule has 3 N–H and O–H groups in total. The van der Waals surface area contributed by atoms with Gasteiger partial charge in [-0.1, -0.05) is 39.8 Å². The largest absolute Gasteiger partial charge is 0.492 e. The summed E-state index contributed by atoms with van der Waals surface area (Å²) in [5.41, 5.74) is -0.162. The fraction of sp³-hybridized carbons (Fsp3) is 0.667. The minimum absolute atomic E-state index is 0.101. The lowest BCUT2D eigenvalue weighted by Gasteiger charge is -2.61. The number of carbonyl (C=O) groups excluding carboxylic acids is 2. The van der Waals surface area contributed by atoms with Crippen molar-refractivity contribution in [1.82, 2.24) is 0 Å². The Bertz CT molecular complexity index is 1260. The molecule has 3 aliphatic carbocycles. The van der Waals surface area contributed by atoms with Crippen molar-refractivity contribution in [2.45, 2.75) is 78.1 Å². The molecule has 11 heteroatoms. The first-order chi connectivity index (χ1) is 19.3. The topological polar surface area (TPSA) is 148 Å². The molecule has 41 heavy (non-hydrogen) atoms. The van der Waals surface area contributed by atoms with E-state index in [-0.39, 0.29) is 35.5 Å². The maximum Gasteiger partial charge on any atom is 0.492 e. The van der Waals surface area contributed by atoms with Crippen LogP contribution in [0.4, 0.5) is 5.69 Å². The van der Waals surface area contributed by atoms with Crippen LogP contribution in [0.5, 0.6) is 0 Å². The number of nitro groups is 1. The van der Waals surface area contributed by atoms with E-state index in [4.69, 9.17) is 9.39 Å². The minimum Gasteiger partial charge on any atom is -0.460 e. The molecule has 0 radical (unpaired) electrons. The van der Waals surface area contributed by atoms with Crippen molar-refractivity contribution < 1.29 is 34.0 Å². The summed E-state index contributed by atoms with van der Waals surface area (Å²) in [6.45, 7) is 11.7. The molecule has 0 amide bonds. The Morgan fingerprint density at radius 3 is 2.76 bits per heavy atom. The Balaban J connectivity index is 1.38. The zero-order chi connectivity index (χ0) is 29.9. The second kappa shape index (κ2) is 10.5. The van der Waals surface area contributed by atoms with Gasteiger partial charge in [-0.05, 0) is 66.1 Å². The molecular weight excluding hydrogens is 527 g/mol. The third-order valence-electron chi connectivity index (χ3n) is 11.3. The molecule has 10 nitrogen and oxygen atoms in total. The Hall–Kier alpha value is -2.76. The van der Waals surface area contributed by atoms with Gasteiger partial charge in [-0.3, -0.25) is 19.7 Å². The number of rotatable bonds is 7. The van der Waals surface area contributed by atoms with E-state index in [9.17, 15) is 29.8 Å². The van der Waals surface area contributed by atoms with Gasteiger partial charge < -0.3 is 24.8 Å². The van der Waals surface area contributed by atoms with Crippen LogP contribution >= 0.6 is 0 Å². The maximum absolute atomic E-state index is 13.5. The Labute approximate surface area is 241 Å². The molecular formula is C30H41BN2O8. The number of aliphatic hydroxyl groups excluding tert-OH is 1. The number of anilines is 1. The van der Waals surface area contributed by atoms with Crippen LogP contribution in [0.2, 0.25) is 0 Å². The molecule has 3 fully saturated rings. The lowest BCUT2D eigenvalue weighted by molar-refractivity contribution is -0.490. The van der Waals surface area contributed by atoms with Crippen LogP contribution in [0.15, 0.2) is 30.9 Å². The summed E-state index contributed by atoms with van der Waals surface area (Å²) in [4.78, 5) is 37.4. The predicted molar refractivity (Wildman–Crippen MR) is 153 cm³/mol. The lowest BCUT2D eigenvalue weighted by atomic mass is 9.44. The highest BCUT2D eigenvalue weighted by molar-refractivity contribution is 6.61. The van der Waals surface area contributed by atoms with Gasteiger partial charge in [-0.25, -0.2) is 0 Å². The summed E-state index contributed by atoms with van der Waals surface area (Å²) in [5.74, 6) is -0.558. The van der Waals surface area contributed by atoms with Crippen molar-refractivity contribution in [3.8, 4) is 0 Å². The number of nitrogens with one attached hydrogen (secondary N) is 1. The lowest BCUT2D eigenvalue weighted by Crippen LogP contribution is -2.63. The zero-order valence-electron chi connectivity index (χ0n) is 24.3. The average Bonchev–Trinajstić information content (AvgIpc) is 3.44. The number of carbonyl (C=O) groups is 2.